The number of benzene rings is 3. The maximum atomic E-state index is 13.5. The number of likely N-dealkylation sites (N-methyl/N-ethyl adjacent to an activating group) is 1. The predicted molar refractivity (Wildman–Crippen MR) is 140 cm³/mol. The third-order valence-corrected chi connectivity index (χ3v) is 6.66. The van der Waals surface area contributed by atoms with Crippen LogP contribution in [-0.2, 0) is 14.9 Å². The first-order valence-electron chi connectivity index (χ1n) is 11.9. The van der Waals surface area contributed by atoms with E-state index in [4.69, 9.17) is 4.74 Å². The molecule has 0 bridgehead atoms. The fraction of sp³-hybridized carbons (Fsp3) is 0.167. The number of aromatic nitrogens is 2. The predicted octanol–water partition coefficient (Wildman–Crippen LogP) is 5.72. The number of anilines is 1. The average Bonchev–Trinajstić information content (AvgIpc) is 3.43. The molecule has 4 aromatic rings. The quantitative estimate of drug-likeness (QED) is 0.253. The van der Waals surface area contributed by atoms with Crippen molar-refractivity contribution in [1.82, 2.24) is 9.78 Å². The van der Waals surface area contributed by atoms with Crippen LogP contribution in [0.4, 0.5) is 10.1 Å². The summed E-state index contributed by atoms with van der Waals surface area (Å²) in [5.41, 5.74) is 4.47. The Kier molecular flexibility index (Phi) is 6.21. The lowest BCUT2D eigenvalue weighted by Crippen LogP contribution is -2.25. The van der Waals surface area contributed by atoms with Gasteiger partial charge in [-0.15, -0.1) is 0 Å². The van der Waals surface area contributed by atoms with Gasteiger partial charge in [-0.1, -0.05) is 50.2 Å². The summed E-state index contributed by atoms with van der Waals surface area (Å²) in [6.07, 6.45) is 3.10. The Morgan fingerprint density at radius 1 is 0.973 bits per heavy atom. The molecule has 1 aliphatic heterocycles. The summed E-state index contributed by atoms with van der Waals surface area (Å²) in [5.74, 6) is -1.40. The average molecular weight is 496 g/mol. The molecular weight excluding hydrogens is 469 g/mol. The zero-order valence-electron chi connectivity index (χ0n) is 20.8. The van der Waals surface area contributed by atoms with E-state index in [0.717, 1.165) is 22.6 Å². The van der Waals surface area contributed by atoms with Gasteiger partial charge in [0.05, 0.1) is 5.69 Å². The van der Waals surface area contributed by atoms with Gasteiger partial charge in [0.15, 0.2) is 12.4 Å². The number of ether oxygens (including phenoxy) is 1. The minimum atomic E-state index is -0.685. The molecule has 0 saturated heterocycles. The molecule has 5 rings (SSSR count). The maximum absolute atomic E-state index is 13.5. The lowest BCUT2D eigenvalue weighted by molar-refractivity contribution is -0.117. The molecule has 6 nitrogen and oxygen atoms in total. The minimum absolute atomic E-state index is 0.182. The molecule has 0 aliphatic carbocycles. The molecule has 0 unspecified atom stereocenters. The van der Waals surface area contributed by atoms with Gasteiger partial charge in [0.25, 0.3) is 0 Å². The summed E-state index contributed by atoms with van der Waals surface area (Å²) >= 11 is 0. The summed E-state index contributed by atoms with van der Waals surface area (Å²) in [5, 5.41) is 4.55. The Hall–Kier alpha value is -4.52. The number of hydrogen-bond acceptors (Lipinski definition) is 5. The van der Waals surface area contributed by atoms with Crippen LogP contribution in [0.2, 0.25) is 0 Å². The second-order valence-electron chi connectivity index (χ2n) is 9.45. The molecule has 3 aromatic carbocycles. The van der Waals surface area contributed by atoms with E-state index in [-0.39, 0.29) is 16.8 Å². The smallest absolute Gasteiger partial charge is 0.342 e. The van der Waals surface area contributed by atoms with Gasteiger partial charge >= 0.3 is 5.97 Å². The molecule has 2 heterocycles. The van der Waals surface area contributed by atoms with E-state index < -0.39 is 18.4 Å². The lowest BCUT2D eigenvalue weighted by Gasteiger charge is -2.23. The van der Waals surface area contributed by atoms with Gasteiger partial charge in [0.1, 0.15) is 17.1 Å². The molecule has 0 N–H and O–H groups in total. The van der Waals surface area contributed by atoms with Gasteiger partial charge < -0.3 is 9.64 Å². The van der Waals surface area contributed by atoms with Crippen LogP contribution < -0.4 is 4.90 Å². The first-order valence-corrected chi connectivity index (χ1v) is 11.9. The van der Waals surface area contributed by atoms with Crippen molar-refractivity contribution in [2.24, 2.45) is 0 Å². The number of halogens is 1. The molecule has 0 fully saturated rings. The van der Waals surface area contributed by atoms with Crippen LogP contribution in [0, 0.1) is 5.82 Å². The van der Waals surface area contributed by atoms with Crippen LogP contribution in [-0.4, -0.2) is 35.2 Å². The van der Waals surface area contributed by atoms with E-state index in [0.29, 0.717) is 11.3 Å². The van der Waals surface area contributed by atoms with Crippen LogP contribution in [0.1, 0.15) is 29.8 Å². The van der Waals surface area contributed by atoms with Crippen molar-refractivity contribution >= 4 is 17.4 Å². The number of carbonyl (C=O) groups is 2. The van der Waals surface area contributed by atoms with Crippen molar-refractivity contribution < 1.29 is 18.7 Å². The van der Waals surface area contributed by atoms with Crippen LogP contribution >= 0.6 is 0 Å². The van der Waals surface area contributed by atoms with E-state index >= 15 is 0 Å². The summed E-state index contributed by atoms with van der Waals surface area (Å²) in [4.78, 5) is 28.0. The number of rotatable bonds is 6. The molecule has 0 saturated carbocycles. The van der Waals surface area contributed by atoms with E-state index in [1.165, 1.54) is 12.1 Å². The largest absolute Gasteiger partial charge is 0.454 e. The Labute approximate surface area is 214 Å². The molecule has 7 heteroatoms. The molecular formula is C30H26FN3O3. The number of para-hydroxylation sites is 2. The highest BCUT2D eigenvalue weighted by atomic mass is 19.1. The van der Waals surface area contributed by atoms with Gasteiger partial charge in [-0.3, -0.25) is 4.79 Å². The molecule has 37 heavy (non-hydrogen) atoms. The summed E-state index contributed by atoms with van der Waals surface area (Å²) in [7, 11) is 1.92. The van der Waals surface area contributed by atoms with Crippen molar-refractivity contribution in [3.8, 4) is 16.9 Å². The van der Waals surface area contributed by atoms with Gasteiger partial charge in [-0.2, -0.15) is 5.10 Å². The number of fused-ring (bicyclic) bond motifs is 1. The van der Waals surface area contributed by atoms with Gasteiger partial charge in [-0.25, -0.2) is 13.9 Å². The fourth-order valence-electron chi connectivity index (χ4n) is 4.72. The highest BCUT2D eigenvalue weighted by Gasteiger charge is 2.38. The Bertz CT molecular complexity index is 1500. The van der Waals surface area contributed by atoms with E-state index in [1.807, 2.05) is 60.5 Å². The van der Waals surface area contributed by atoms with Gasteiger partial charge in [-0.05, 0) is 48.0 Å². The van der Waals surface area contributed by atoms with Crippen molar-refractivity contribution in [2.45, 2.75) is 19.3 Å². The third-order valence-electron chi connectivity index (χ3n) is 6.66. The third kappa shape index (κ3) is 4.56. The van der Waals surface area contributed by atoms with Crippen molar-refractivity contribution in [2.75, 3.05) is 18.6 Å². The molecule has 0 spiro atoms. The lowest BCUT2D eigenvalue weighted by atomic mass is 9.83. The van der Waals surface area contributed by atoms with Crippen LogP contribution in [0.3, 0.4) is 0 Å². The van der Waals surface area contributed by atoms with Crippen molar-refractivity contribution in [3.63, 3.8) is 0 Å². The second-order valence-corrected chi connectivity index (χ2v) is 9.45. The number of hydrogen-bond donors (Lipinski definition) is 0. The summed E-state index contributed by atoms with van der Waals surface area (Å²) in [6, 6.07) is 23.0. The number of ketones is 1. The highest BCUT2D eigenvalue weighted by Crippen LogP contribution is 2.46. The highest BCUT2D eigenvalue weighted by molar-refractivity contribution is 5.99. The molecule has 186 valence electrons. The van der Waals surface area contributed by atoms with Gasteiger partial charge in [0.2, 0.25) is 0 Å². The second kappa shape index (κ2) is 9.50. The molecule has 1 aliphatic rings. The van der Waals surface area contributed by atoms with Crippen molar-refractivity contribution in [1.29, 1.82) is 0 Å². The molecule has 0 radical (unpaired) electrons. The maximum Gasteiger partial charge on any atom is 0.342 e. The monoisotopic (exact) mass is 495 g/mol. The number of allylic oxidation sites excluding steroid dienone is 1. The molecule has 0 atom stereocenters. The van der Waals surface area contributed by atoms with E-state index in [1.54, 1.807) is 29.1 Å². The standard InChI is InChI=1S/C30H26FN3O3/c1-30(2)25-11-7-8-12-26(25)33(3)27(30)17-23(35)19-37-29(36)24-18-34(22-9-5-4-6-10-22)32-28(24)20-13-15-21(31)16-14-20/h4-18H,19H2,1-3H3/b27-17-. The Morgan fingerprint density at radius 2 is 1.65 bits per heavy atom. The molecule has 1 aromatic heterocycles. The van der Waals surface area contributed by atoms with Crippen molar-refractivity contribution in [3.05, 3.63) is 114 Å². The van der Waals surface area contributed by atoms with E-state index in [2.05, 4.69) is 25.0 Å². The first kappa shape index (κ1) is 24.2. The van der Waals surface area contributed by atoms with Crippen LogP contribution in [0.25, 0.3) is 16.9 Å². The first-order chi connectivity index (χ1) is 17.8. The Balaban J connectivity index is 1.39. The zero-order valence-corrected chi connectivity index (χ0v) is 20.8. The summed E-state index contributed by atoms with van der Waals surface area (Å²) in [6.45, 7) is 3.71. The number of esters is 1. The van der Waals surface area contributed by atoms with Gasteiger partial charge in [0, 0.05) is 41.7 Å². The zero-order chi connectivity index (χ0) is 26.2. The van der Waals surface area contributed by atoms with Crippen LogP contribution in [0.5, 0.6) is 0 Å². The van der Waals surface area contributed by atoms with Crippen LogP contribution in [0.15, 0.2) is 96.8 Å². The topological polar surface area (TPSA) is 64.4 Å². The fourth-order valence-corrected chi connectivity index (χ4v) is 4.72. The Morgan fingerprint density at radius 3 is 2.35 bits per heavy atom. The molecule has 0 amide bonds. The SMILES string of the molecule is CN1/C(=C\C(=O)COC(=O)c2cn(-c3ccccc3)nc2-c2ccc(F)cc2)C(C)(C)c2ccccc21. The minimum Gasteiger partial charge on any atom is -0.454 e. The summed E-state index contributed by atoms with van der Waals surface area (Å²) < 4.78 is 20.5. The normalized spacial score (nSPS) is 15.0. The number of nitrogens with zero attached hydrogens (tertiary/aromatic N) is 3. The number of carbonyl (C=O) groups excluding carboxylic acids is 2. The van der Waals surface area contributed by atoms with E-state index in [9.17, 15) is 14.0 Å².